The highest BCUT2D eigenvalue weighted by molar-refractivity contribution is 7.15. The van der Waals surface area contributed by atoms with E-state index in [0.29, 0.717) is 42.0 Å². The van der Waals surface area contributed by atoms with Gasteiger partial charge in [0.1, 0.15) is 5.76 Å². The van der Waals surface area contributed by atoms with E-state index >= 15 is 0 Å². The van der Waals surface area contributed by atoms with Gasteiger partial charge in [-0.05, 0) is 24.6 Å². The van der Waals surface area contributed by atoms with E-state index in [-0.39, 0.29) is 17.6 Å². The number of thiazole rings is 1. The molecule has 3 aromatic rings. The molecule has 0 bridgehead atoms. The normalized spacial score (nSPS) is 13.1. The molecule has 0 radical (unpaired) electrons. The number of carbonyl (C=O) groups excluding carboxylic acids is 2. The molecule has 3 heterocycles. The zero-order valence-electron chi connectivity index (χ0n) is 15.6. The molecule has 0 fully saturated rings. The average Bonchev–Trinajstić information content (AvgIpc) is 3.32. The van der Waals surface area contributed by atoms with Gasteiger partial charge >= 0.3 is 6.03 Å². The van der Waals surface area contributed by atoms with Gasteiger partial charge in [-0.15, -0.1) is 0 Å². The van der Waals surface area contributed by atoms with Crippen molar-refractivity contribution in [1.82, 2.24) is 20.4 Å². The average molecular weight is 432 g/mol. The minimum Gasteiger partial charge on any atom is -0.361 e. The van der Waals surface area contributed by atoms with E-state index in [2.05, 4.69) is 20.8 Å². The maximum atomic E-state index is 12.5. The molecule has 29 heavy (non-hydrogen) atoms. The van der Waals surface area contributed by atoms with Crippen molar-refractivity contribution in [3.05, 3.63) is 62.9 Å². The van der Waals surface area contributed by atoms with E-state index in [1.807, 2.05) is 12.1 Å². The van der Waals surface area contributed by atoms with Gasteiger partial charge in [0, 0.05) is 35.5 Å². The Morgan fingerprint density at radius 3 is 2.83 bits per heavy atom. The number of anilines is 1. The summed E-state index contributed by atoms with van der Waals surface area (Å²) in [5.74, 6) is 0.194. The third-order valence-corrected chi connectivity index (χ3v) is 5.71. The Balaban J connectivity index is 1.35. The van der Waals surface area contributed by atoms with Crippen molar-refractivity contribution in [2.45, 2.75) is 26.4 Å². The summed E-state index contributed by atoms with van der Waals surface area (Å²) in [6.07, 6.45) is 0.638. The fourth-order valence-electron chi connectivity index (χ4n) is 2.95. The molecule has 0 saturated carbocycles. The maximum absolute atomic E-state index is 12.5. The first-order valence-electron chi connectivity index (χ1n) is 8.98. The van der Waals surface area contributed by atoms with Crippen LogP contribution in [0.25, 0.3) is 0 Å². The van der Waals surface area contributed by atoms with Gasteiger partial charge in [0.2, 0.25) is 0 Å². The van der Waals surface area contributed by atoms with Gasteiger partial charge < -0.3 is 14.7 Å². The highest BCUT2D eigenvalue weighted by atomic mass is 35.5. The number of hydrogen-bond acceptors (Lipinski definition) is 6. The minimum atomic E-state index is -0.370. The molecule has 0 spiro atoms. The third-order valence-electron chi connectivity index (χ3n) is 4.46. The molecule has 0 atom stereocenters. The van der Waals surface area contributed by atoms with Crippen LogP contribution in [-0.2, 0) is 19.5 Å². The van der Waals surface area contributed by atoms with Crippen LogP contribution < -0.4 is 10.6 Å². The number of fused-ring (bicyclic) bond motifs is 1. The second-order valence-electron chi connectivity index (χ2n) is 6.62. The lowest BCUT2D eigenvalue weighted by atomic mass is 10.2. The molecule has 1 aromatic carbocycles. The number of aryl methyl sites for hydroxylation is 1. The van der Waals surface area contributed by atoms with Crippen LogP contribution in [0.3, 0.4) is 0 Å². The first-order chi connectivity index (χ1) is 14.0. The number of nitrogens with one attached hydrogen (secondary N) is 2. The van der Waals surface area contributed by atoms with Gasteiger partial charge in [-0.1, -0.05) is 40.2 Å². The summed E-state index contributed by atoms with van der Waals surface area (Å²) in [6.45, 7) is 3.18. The minimum absolute atomic E-state index is 0.136. The SMILES string of the molecule is Cc1cc(C(=O)Nc2nc3c(s2)CN(C(=O)NCc2ccc(Cl)cc2)CC3)no1. The summed E-state index contributed by atoms with van der Waals surface area (Å²) in [5.41, 5.74) is 2.09. The van der Waals surface area contributed by atoms with Crippen molar-refractivity contribution in [1.29, 1.82) is 0 Å². The molecule has 0 saturated heterocycles. The van der Waals surface area contributed by atoms with E-state index < -0.39 is 0 Å². The summed E-state index contributed by atoms with van der Waals surface area (Å²) < 4.78 is 4.92. The number of carbonyl (C=O) groups is 2. The first kappa shape index (κ1) is 19.4. The van der Waals surface area contributed by atoms with Crippen molar-refractivity contribution < 1.29 is 14.1 Å². The van der Waals surface area contributed by atoms with Crippen LogP contribution in [0, 0.1) is 6.92 Å². The van der Waals surface area contributed by atoms with E-state index in [4.69, 9.17) is 16.1 Å². The molecule has 1 aliphatic rings. The molecule has 1 aliphatic heterocycles. The van der Waals surface area contributed by atoms with E-state index in [1.165, 1.54) is 11.3 Å². The predicted molar refractivity (Wildman–Crippen MR) is 109 cm³/mol. The molecule has 8 nitrogen and oxygen atoms in total. The predicted octanol–water partition coefficient (Wildman–Crippen LogP) is 3.61. The fraction of sp³-hybridized carbons (Fsp3) is 0.263. The van der Waals surface area contributed by atoms with E-state index in [9.17, 15) is 9.59 Å². The van der Waals surface area contributed by atoms with Gasteiger partial charge in [0.15, 0.2) is 10.8 Å². The van der Waals surface area contributed by atoms with E-state index in [1.54, 1.807) is 30.0 Å². The summed E-state index contributed by atoms with van der Waals surface area (Å²) in [7, 11) is 0. The number of aromatic nitrogens is 2. The fourth-order valence-corrected chi connectivity index (χ4v) is 4.09. The monoisotopic (exact) mass is 431 g/mol. The van der Waals surface area contributed by atoms with Crippen LogP contribution >= 0.6 is 22.9 Å². The Morgan fingerprint density at radius 1 is 1.31 bits per heavy atom. The van der Waals surface area contributed by atoms with Crippen LogP contribution in [0.1, 0.15) is 32.4 Å². The summed E-state index contributed by atoms with van der Waals surface area (Å²) in [4.78, 5) is 31.9. The van der Waals surface area contributed by atoms with Crippen LogP contribution in [0.15, 0.2) is 34.9 Å². The lowest BCUT2D eigenvalue weighted by Gasteiger charge is -2.26. The number of urea groups is 1. The van der Waals surface area contributed by atoms with Gasteiger partial charge in [-0.2, -0.15) is 0 Å². The quantitative estimate of drug-likeness (QED) is 0.657. The second-order valence-corrected chi connectivity index (χ2v) is 8.14. The highest BCUT2D eigenvalue weighted by Crippen LogP contribution is 2.28. The van der Waals surface area contributed by atoms with Crippen molar-refractivity contribution >= 4 is 40.0 Å². The second kappa shape index (κ2) is 8.22. The topological polar surface area (TPSA) is 100 Å². The lowest BCUT2D eigenvalue weighted by Crippen LogP contribution is -2.42. The van der Waals surface area contributed by atoms with Crippen molar-refractivity contribution in [2.24, 2.45) is 0 Å². The molecule has 0 unspecified atom stereocenters. The molecular weight excluding hydrogens is 414 g/mol. The first-order valence-corrected chi connectivity index (χ1v) is 10.2. The largest absolute Gasteiger partial charge is 0.361 e. The molecule has 4 rings (SSSR count). The molecule has 2 aromatic heterocycles. The Bertz CT molecular complexity index is 1050. The molecule has 0 aliphatic carbocycles. The number of benzene rings is 1. The van der Waals surface area contributed by atoms with Gasteiger partial charge in [-0.3, -0.25) is 10.1 Å². The number of halogens is 1. The summed E-state index contributed by atoms with van der Waals surface area (Å²) in [5, 5.41) is 10.5. The van der Waals surface area contributed by atoms with Crippen LogP contribution in [0.5, 0.6) is 0 Å². The lowest BCUT2D eigenvalue weighted by molar-refractivity contribution is 0.101. The van der Waals surface area contributed by atoms with Crippen molar-refractivity contribution in [2.75, 3.05) is 11.9 Å². The molecule has 10 heteroatoms. The van der Waals surface area contributed by atoms with E-state index in [0.717, 1.165) is 16.1 Å². The van der Waals surface area contributed by atoms with Crippen LogP contribution in [-0.4, -0.2) is 33.5 Å². The Labute approximate surface area is 175 Å². The smallest absolute Gasteiger partial charge is 0.318 e. The third kappa shape index (κ3) is 4.57. The Hall–Kier alpha value is -2.91. The Kier molecular flexibility index (Phi) is 5.50. The number of amides is 3. The molecular formula is C19H18ClN5O3S. The summed E-state index contributed by atoms with van der Waals surface area (Å²) in [6, 6.07) is 8.78. The zero-order chi connectivity index (χ0) is 20.4. The Morgan fingerprint density at radius 2 is 2.10 bits per heavy atom. The van der Waals surface area contributed by atoms with Gasteiger partial charge in [0.25, 0.3) is 5.91 Å². The molecule has 150 valence electrons. The van der Waals surface area contributed by atoms with Gasteiger partial charge in [-0.25, -0.2) is 9.78 Å². The zero-order valence-corrected chi connectivity index (χ0v) is 17.1. The van der Waals surface area contributed by atoms with Crippen LogP contribution in [0.2, 0.25) is 5.02 Å². The summed E-state index contributed by atoms with van der Waals surface area (Å²) >= 11 is 7.24. The molecule has 2 N–H and O–H groups in total. The molecule has 3 amide bonds. The number of hydrogen-bond donors (Lipinski definition) is 2. The highest BCUT2D eigenvalue weighted by Gasteiger charge is 2.25. The standard InChI is InChI=1S/C19H18ClN5O3S/c1-11-8-15(24-28-11)17(26)23-18-22-14-6-7-25(10-16(14)29-18)19(27)21-9-12-2-4-13(20)5-3-12/h2-5,8H,6-7,9-10H2,1H3,(H,21,27)(H,22,23,26). The number of rotatable bonds is 4. The van der Waals surface area contributed by atoms with Crippen molar-refractivity contribution in [3.63, 3.8) is 0 Å². The maximum Gasteiger partial charge on any atom is 0.318 e. The number of nitrogens with zero attached hydrogens (tertiary/aromatic N) is 3. The van der Waals surface area contributed by atoms with Crippen molar-refractivity contribution in [3.8, 4) is 0 Å². The van der Waals surface area contributed by atoms with Crippen LogP contribution in [0.4, 0.5) is 9.93 Å². The van der Waals surface area contributed by atoms with Gasteiger partial charge in [0.05, 0.1) is 12.2 Å².